The maximum absolute atomic E-state index is 12.3. The van der Waals surface area contributed by atoms with Crippen molar-refractivity contribution in [3.05, 3.63) is 71.8 Å². The normalized spacial score (nSPS) is 21.0. The molecule has 2 aromatic rings. The molecule has 3 nitrogen and oxygen atoms in total. The molecular weight excluding hydrogens is 332 g/mol. The van der Waals surface area contributed by atoms with E-state index in [-0.39, 0.29) is 24.4 Å². The van der Waals surface area contributed by atoms with Crippen LogP contribution in [0.5, 0.6) is 0 Å². The molecule has 2 aromatic carbocycles. The van der Waals surface area contributed by atoms with E-state index in [2.05, 4.69) is 35.6 Å². The quantitative estimate of drug-likeness (QED) is 0.835. The minimum Gasteiger partial charge on any atom is -0.353 e. The van der Waals surface area contributed by atoms with Crippen LogP contribution in [0.3, 0.4) is 0 Å². The number of hydrogen-bond donors (Lipinski definition) is 2. The van der Waals surface area contributed by atoms with Gasteiger partial charge in [0.15, 0.2) is 0 Å². The van der Waals surface area contributed by atoms with Crippen molar-refractivity contribution < 1.29 is 4.79 Å². The van der Waals surface area contributed by atoms with Gasteiger partial charge in [0.1, 0.15) is 0 Å². The molecule has 0 saturated heterocycles. The van der Waals surface area contributed by atoms with Crippen molar-refractivity contribution in [2.45, 2.75) is 50.1 Å². The SMILES string of the molecule is Cl.NC(CC(=O)NC1CCC(c2ccccc2)CC1)c1ccccc1. The van der Waals surface area contributed by atoms with Crippen LogP contribution in [0.4, 0.5) is 0 Å². The summed E-state index contributed by atoms with van der Waals surface area (Å²) >= 11 is 0. The Bertz CT molecular complexity index is 639. The monoisotopic (exact) mass is 358 g/mol. The third-order valence-corrected chi connectivity index (χ3v) is 5.00. The van der Waals surface area contributed by atoms with E-state index in [1.54, 1.807) is 0 Å². The molecule has 25 heavy (non-hydrogen) atoms. The lowest BCUT2D eigenvalue weighted by atomic mass is 9.82. The second kappa shape index (κ2) is 9.59. The fourth-order valence-corrected chi connectivity index (χ4v) is 3.60. The predicted octanol–water partition coefficient (Wildman–Crippen LogP) is 4.34. The van der Waals surface area contributed by atoms with Gasteiger partial charge in [-0.25, -0.2) is 0 Å². The minimum absolute atomic E-state index is 0. The molecule has 0 aliphatic heterocycles. The van der Waals surface area contributed by atoms with Crippen molar-refractivity contribution >= 4 is 18.3 Å². The molecule has 0 bridgehead atoms. The van der Waals surface area contributed by atoms with E-state index in [0.717, 1.165) is 31.2 Å². The maximum Gasteiger partial charge on any atom is 0.222 e. The number of carbonyl (C=O) groups excluding carboxylic acids is 1. The Balaban J connectivity index is 0.00000225. The average Bonchev–Trinajstić information content (AvgIpc) is 2.64. The first-order valence-electron chi connectivity index (χ1n) is 8.87. The van der Waals surface area contributed by atoms with Gasteiger partial charge >= 0.3 is 0 Å². The minimum atomic E-state index is -0.230. The molecule has 0 heterocycles. The summed E-state index contributed by atoms with van der Waals surface area (Å²) in [5.74, 6) is 0.695. The van der Waals surface area contributed by atoms with Crippen LogP contribution < -0.4 is 11.1 Å². The van der Waals surface area contributed by atoms with Crippen LogP contribution >= 0.6 is 12.4 Å². The fourth-order valence-electron chi connectivity index (χ4n) is 3.60. The molecule has 4 heteroatoms. The van der Waals surface area contributed by atoms with Crippen LogP contribution in [-0.2, 0) is 4.79 Å². The number of nitrogens with two attached hydrogens (primary N) is 1. The van der Waals surface area contributed by atoms with Gasteiger partial charge in [-0.05, 0) is 42.7 Å². The van der Waals surface area contributed by atoms with Gasteiger partial charge in [0, 0.05) is 18.5 Å². The first-order valence-corrected chi connectivity index (χ1v) is 8.87. The Morgan fingerprint density at radius 3 is 2.12 bits per heavy atom. The summed E-state index contributed by atoms with van der Waals surface area (Å²) in [4.78, 5) is 12.3. The van der Waals surface area contributed by atoms with Crippen molar-refractivity contribution in [1.29, 1.82) is 0 Å². The van der Waals surface area contributed by atoms with Gasteiger partial charge in [0.25, 0.3) is 0 Å². The highest BCUT2D eigenvalue weighted by atomic mass is 35.5. The molecule has 1 amide bonds. The average molecular weight is 359 g/mol. The molecule has 1 aliphatic carbocycles. The molecule has 1 aliphatic rings. The molecule has 0 radical (unpaired) electrons. The summed E-state index contributed by atoms with van der Waals surface area (Å²) < 4.78 is 0. The van der Waals surface area contributed by atoms with Crippen molar-refractivity contribution in [3.63, 3.8) is 0 Å². The van der Waals surface area contributed by atoms with Gasteiger partial charge in [0.05, 0.1) is 0 Å². The van der Waals surface area contributed by atoms with Crippen LogP contribution in [0.15, 0.2) is 60.7 Å². The second-order valence-electron chi connectivity index (χ2n) is 6.75. The number of nitrogens with one attached hydrogen (secondary N) is 1. The van der Waals surface area contributed by atoms with E-state index in [9.17, 15) is 4.79 Å². The third kappa shape index (κ3) is 5.58. The third-order valence-electron chi connectivity index (χ3n) is 5.00. The van der Waals surface area contributed by atoms with Crippen LogP contribution in [0.1, 0.15) is 55.2 Å². The standard InChI is InChI=1S/C21H26N2O.ClH/c22-20(18-9-5-2-6-10-18)15-21(24)23-19-13-11-17(12-14-19)16-7-3-1-4-8-16;/h1-10,17,19-20H,11-15,22H2,(H,23,24);1H. The van der Waals surface area contributed by atoms with Gasteiger partial charge in [-0.3, -0.25) is 4.79 Å². The zero-order chi connectivity index (χ0) is 16.8. The molecule has 0 aromatic heterocycles. The maximum atomic E-state index is 12.3. The highest BCUT2D eigenvalue weighted by Gasteiger charge is 2.23. The predicted molar refractivity (Wildman–Crippen MR) is 105 cm³/mol. The molecule has 1 saturated carbocycles. The van der Waals surface area contributed by atoms with Crippen LogP contribution in [0.25, 0.3) is 0 Å². The summed E-state index contributed by atoms with van der Waals surface area (Å²) in [5.41, 5.74) is 8.58. The number of benzene rings is 2. The lowest BCUT2D eigenvalue weighted by Crippen LogP contribution is -2.38. The lowest BCUT2D eigenvalue weighted by molar-refractivity contribution is -0.122. The Kier molecular flexibility index (Phi) is 7.48. The molecule has 0 spiro atoms. The van der Waals surface area contributed by atoms with Crippen molar-refractivity contribution in [2.75, 3.05) is 0 Å². The Morgan fingerprint density at radius 2 is 1.52 bits per heavy atom. The first kappa shape index (κ1) is 19.5. The van der Waals surface area contributed by atoms with E-state index >= 15 is 0 Å². The van der Waals surface area contributed by atoms with Crippen molar-refractivity contribution in [3.8, 4) is 0 Å². The molecule has 3 rings (SSSR count). The fraction of sp³-hybridized carbons (Fsp3) is 0.381. The van der Waals surface area contributed by atoms with Gasteiger partial charge in [-0.1, -0.05) is 60.7 Å². The Morgan fingerprint density at radius 1 is 0.960 bits per heavy atom. The molecule has 1 unspecified atom stereocenters. The van der Waals surface area contributed by atoms with Crippen LogP contribution in [0.2, 0.25) is 0 Å². The largest absolute Gasteiger partial charge is 0.353 e. The number of halogens is 1. The van der Waals surface area contributed by atoms with Gasteiger partial charge in [0.2, 0.25) is 5.91 Å². The second-order valence-corrected chi connectivity index (χ2v) is 6.75. The molecule has 1 atom stereocenters. The van der Waals surface area contributed by atoms with E-state index in [1.807, 2.05) is 30.3 Å². The number of hydrogen-bond acceptors (Lipinski definition) is 2. The van der Waals surface area contributed by atoms with Gasteiger partial charge < -0.3 is 11.1 Å². The van der Waals surface area contributed by atoms with E-state index in [1.165, 1.54) is 5.56 Å². The van der Waals surface area contributed by atoms with Crippen LogP contribution in [-0.4, -0.2) is 11.9 Å². The smallest absolute Gasteiger partial charge is 0.222 e. The summed E-state index contributed by atoms with van der Waals surface area (Å²) in [6, 6.07) is 20.6. The summed E-state index contributed by atoms with van der Waals surface area (Å²) in [5, 5.41) is 3.17. The van der Waals surface area contributed by atoms with Gasteiger partial charge in [-0.15, -0.1) is 12.4 Å². The summed E-state index contributed by atoms with van der Waals surface area (Å²) in [6.45, 7) is 0. The van der Waals surface area contributed by atoms with Crippen molar-refractivity contribution in [1.82, 2.24) is 5.32 Å². The summed E-state index contributed by atoms with van der Waals surface area (Å²) in [6.07, 6.45) is 4.72. The first-order chi connectivity index (χ1) is 11.7. The number of rotatable bonds is 5. The highest BCUT2D eigenvalue weighted by molar-refractivity contribution is 5.85. The number of amides is 1. The Labute approximate surface area is 156 Å². The zero-order valence-corrected chi connectivity index (χ0v) is 15.3. The highest BCUT2D eigenvalue weighted by Crippen LogP contribution is 2.32. The molecule has 1 fully saturated rings. The van der Waals surface area contributed by atoms with Gasteiger partial charge in [-0.2, -0.15) is 0 Å². The summed E-state index contributed by atoms with van der Waals surface area (Å²) in [7, 11) is 0. The zero-order valence-electron chi connectivity index (χ0n) is 14.4. The van der Waals surface area contributed by atoms with E-state index in [4.69, 9.17) is 5.73 Å². The molecule has 3 N–H and O–H groups in total. The topological polar surface area (TPSA) is 55.1 Å². The van der Waals surface area contributed by atoms with E-state index < -0.39 is 0 Å². The molecule has 134 valence electrons. The lowest BCUT2D eigenvalue weighted by Gasteiger charge is -2.29. The number of carbonyl (C=O) groups is 1. The molecular formula is C21H27ClN2O. The van der Waals surface area contributed by atoms with Crippen LogP contribution in [0, 0.1) is 0 Å². The Hall–Kier alpha value is -1.84. The van der Waals surface area contributed by atoms with E-state index in [0.29, 0.717) is 18.4 Å². The van der Waals surface area contributed by atoms with Crippen molar-refractivity contribution in [2.24, 2.45) is 5.73 Å².